The molecule has 0 amide bonds. The van der Waals surface area contributed by atoms with Gasteiger partial charge >= 0.3 is 0 Å². The van der Waals surface area contributed by atoms with E-state index >= 15 is 0 Å². The summed E-state index contributed by atoms with van der Waals surface area (Å²) in [6.07, 6.45) is 3.06. The van der Waals surface area contributed by atoms with E-state index in [4.69, 9.17) is 14.3 Å². The fraction of sp³-hybridized carbons (Fsp3) is 1.00. The van der Waals surface area contributed by atoms with E-state index in [1.54, 1.807) is 0 Å². The van der Waals surface area contributed by atoms with Crippen molar-refractivity contribution in [2.24, 2.45) is 0 Å². The summed E-state index contributed by atoms with van der Waals surface area (Å²) in [5.74, 6) is 0. The van der Waals surface area contributed by atoms with E-state index in [0.717, 1.165) is 39.1 Å². The van der Waals surface area contributed by atoms with Crippen LogP contribution in [-0.2, 0) is 14.3 Å². The third-order valence-corrected chi connectivity index (χ3v) is 2.95. The Hall–Kier alpha value is -0.160. The molecule has 2 rings (SSSR count). The maximum atomic E-state index is 5.82. The van der Waals surface area contributed by atoms with E-state index in [1.807, 2.05) is 6.92 Å². The van der Waals surface area contributed by atoms with Crippen molar-refractivity contribution in [2.75, 3.05) is 26.4 Å². The van der Waals surface area contributed by atoms with Gasteiger partial charge in [-0.1, -0.05) is 0 Å². The van der Waals surface area contributed by atoms with Gasteiger partial charge in [-0.05, 0) is 19.8 Å². The lowest BCUT2D eigenvalue weighted by Crippen LogP contribution is -2.47. The molecule has 0 bridgehead atoms. The Kier molecular flexibility index (Phi) is 3.38. The van der Waals surface area contributed by atoms with Gasteiger partial charge in [0.15, 0.2) is 0 Å². The van der Waals surface area contributed by atoms with Crippen LogP contribution in [0.4, 0.5) is 0 Å². The first-order valence-electron chi connectivity index (χ1n) is 5.44. The Bertz CT molecular complexity index is 180. The molecule has 0 aromatic rings. The number of rotatable bonds is 3. The average molecular weight is 201 g/mol. The standard InChI is InChI=1S/C10H19NO3/c1-2-14-11-9-3-5-13-10(7-9)4-6-12-8-10/h9,11H,2-8H2,1H3. The predicted molar refractivity (Wildman–Crippen MR) is 51.9 cm³/mol. The summed E-state index contributed by atoms with van der Waals surface area (Å²) in [7, 11) is 0. The third-order valence-electron chi connectivity index (χ3n) is 2.95. The van der Waals surface area contributed by atoms with Crippen molar-refractivity contribution in [2.45, 2.75) is 37.8 Å². The van der Waals surface area contributed by atoms with Crippen molar-refractivity contribution in [1.29, 1.82) is 0 Å². The van der Waals surface area contributed by atoms with Crippen molar-refractivity contribution in [1.82, 2.24) is 5.48 Å². The van der Waals surface area contributed by atoms with Gasteiger partial charge in [-0.2, -0.15) is 5.48 Å². The zero-order chi connectivity index (χ0) is 9.86. The van der Waals surface area contributed by atoms with E-state index in [9.17, 15) is 0 Å². The normalized spacial score (nSPS) is 37.9. The quantitative estimate of drug-likeness (QED) is 0.688. The van der Waals surface area contributed by atoms with Crippen LogP contribution in [0.25, 0.3) is 0 Å². The van der Waals surface area contributed by atoms with Crippen LogP contribution in [0.5, 0.6) is 0 Å². The molecule has 2 saturated heterocycles. The first-order chi connectivity index (χ1) is 6.85. The molecule has 0 aromatic heterocycles. The zero-order valence-electron chi connectivity index (χ0n) is 8.75. The van der Waals surface area contributed by atoms with Crippen molar-refractivity contribution >= 4 is 0 Å². The minimum Gasteiger partial charge on any atom is -0.378 e. The second-order valence-corrected chi connectivity index (χ2v) is 4.07. The van der Waals surface area contributed by atoms with Crippen LogP contribution in [-0.4, -0.2) is 38.1 Å². The molecule has 2 aliphatic rings. The number of hydroxylamine groups is 1. The highest BCUT2D eigenvalue weighted by atomic mass is 16.6. The minimum atomic E-state index is -0.0208. The van der Waals surface area contributed by atoms with E-state index < -0.39 is 0 Å². The molecule has 4 nitrogen and oxygen atoms in total. The van der Waals surface area contributed by atoms with Gasteiger partial charge in [-0.15, -0.1) is 0 Å². The molecular formula is C10H19NO3. The van der Waals surface area contributed by atoms with Crippen LogP contribution in [0.1, 0.15) is 26.2 Å². The molecular weight excluding hydrogens is 182 g/mol. The van der Waals surface area contributed by atoms with Gasteiger partial charge in [0, 0.05) is 25.7 Å². The Morgan fingerprint density at radius 1 is 1.50 bits per heavy atom. The lowest BCUT2D eigenvalue weighted by atomic mass is 9.90. The topological polar surface area (TPSA) is 39.7 Å². The molecule has 2 atom stereocenters. The highest BCUT2D eigenvalue weighted by molar-refractivity contribution is 4.91. The summed E-state index contributed by atoms with van der Waals surface area (Å²) in [6, 6.07) is 0.422. The second kappa shape index (κ2) is 4.57. The number of ether oxygens (including phenoxy) is 2. The molecule has 82 valence electrons. The van der Waals surface area contributed by atoms with Crippen LogP contribution in [0.15, 0.2) is 0 Å². The fourth-order valence-corrected chi connectivity index (χ4v) is 2.19. The Labute approximate surface area is 84.9 Å². The highest BCUT2D eigenvalue weighted by Crippen LogP contribution is 2.32. The van der Waals surface area contributed by atoms with Crippen LogP contribution in [0.3, 0.4) is 0 Å². The number of hydrogen-bond donors (Lipinski definition) is 1. The van der Waals surface area contributed by atoms with E-state index in [0.29, 0.717) is 12.6 Å². The fourth-order valence-electron chi connectivity index (χ4n) is 2.19. The third kappa shape index (κ3) is 2.25. The summed E-state index contributed by atoms with van der Waals surface area (Å²) in [4.78, 5) is 5.23. The average Bonchev–Trinajstić information content (AvgIpc) is 2.63. The zero-order valence-corrected chi connectivity index (χ0v) is 8.75. The largest absolute Gasteiger partial charge is 0.378 e. The Morgan fingerprint density at radius 3 is 3.14 bits per heavy atom. The van der Waals surface area contributed by atoms with Gasteiger partial charge in [0.05, 0.1) is 18.8 Å². The van der Waals surface area contributed by atoms with Crippen LogP contribution in [0, 0.1) is 0 Å². The van der Waals surface area contributed by atoms with Gasteiger partial charge in [-0.25, -0.2) is 0 Å². The first-order valence-corrected chi connectivity index (χ1v) is 5.44. The summed E-state index contributed by atoms with van der Waals surface area (Å²) in [5, 5.41) is 0. The van der Waals surface area contributed by atoms with Crippen molar-refractivity contribution in [3.8, 4) is 0 Å². The Balaban J connectivity index is 1.83. The smallest absolute Gasteiger partial charge is 0.0952 e. The molecule has 0 aliphatic carbocycles. The van der Waals surface area contributed by atoms with Crippen molar-refractivity contribution < 1.29 is 14.3 Å². The molecule has 2 fully saturated rings. The molecule has 1 spiro atoms. The number of hydrogen-bond acceptors (Lipinski definition) is 4. The van der Waals surface area contributed by atoms with Gasteiger partial charge in [-0.3, -0.25) is 0 Å². The summed E-state index contributed by atoms with van der Waals surface area (Å²) in [5.41, 5.74) is 3.07. The highest BCUT2D eigenvalue weighted by Gasteiger charge is 2.40. The molecule has 0 saturated carbocycles. The molecule has 0 aromatic carbocycles. The second-order valence-electron chi connectivity index (χ2n) is 4.07. The lowest BCUT2D eigenvalue weighted by molar-refractivity contribution is -0.111. The minimum absolute atomic E-state index is 0.0208. The molecule has 2 heterocycles. The van der Waals surface area contributed by atoms with Crippen LogP contribution >= 0.6 is 0 Å². The maximum Gasteiger partial charge on any atom is 0.0952 e. The molecule has 2 aliphatic heterocycles. The van der Waals surface area contributed by atoms with Gasteiger partial charge in [0.2, 0.25) is 0 Å². The first kappa shape index (κ1) is 10.4. The molecule has 2 unspecified atom stereocenters. The molecule has 4 heteroatoms. The molecule has 14 heavy (non-hydrogen) atoms. The number of nitrogens with one attached hydrogen (secondary N) is 1. The molecule has 0 radical (unpaired) electrons. The molecule has 1 N–H and O–H groups in total. The van der Waals surface area contributed by atoms with E-state index in [1.165, 1.54) is 0 Å². The summed E-state index contributed by atoms with van der Waals surface area (Å²) >= 11 is 0. The van der Waals surface area contributed by atoms with Crippen molar-refractivity contribution in [3.05, 3.63) is 0 Å². The van der Waals surface area contributed by atoms with Crippen LogP contribution in [0.2, 0.25) is 0 Å². The summed E-state index contributed by atoms with van der Waals surface area (Å²) in [6.45, 7) is 5.09. The van der Waals surface area contributed by atoms with Gasteiger partial charge < -0.3 is 14.3 Å². The predicted octanol–water partition coefficient (Wildman–Crippen LogP) is 0.866. The monoisotopic (exact) mass is 201 g/mol. The van der Waals surface area contributed by atoms with Gasteiger partial charge in [0.1, 0.15) is 0 Å². The van der Waals surface area contributed by atoms with Crippen molar-refractivity contribution in [3.63, 3.8) is 0 Å². The Morgan fingerprint density at radius 2 is 2.43 bits per heavy atom. The SMILES string of the molecule is CCONC1CCOC2(CCOC2)C1. The maximum absolute atomic E-state index is 5.82. The van der Waals surface area contributed by atoms with E-state index in [-0.39, 0.29) is 5.60 Å². The van der Waals surface area contributed by atoms with Crippen LogP contribution < -0.4 is 5.48 Å². The van der Waals surface area contributed by atoms with E-state index in [2.05, 4.69) is 5.48 Å². The lowest BCUT2D eigenvalue weighted by Gasteiger charge is -2.37. The summed E-state index contributed by atoms with van der Waals surface area (Å²) < 4.78 is 11.2. The van der Waals surface area contributed by atoms with Gasteiger partial charge in [0.25, 0.3) is 0 Å².